The zero-order valence-corrected chi connectivity index (χ0v) is 9.50. The van der Waals surface area contributed by atoms with Crippen molar-refractivity contribution in [3.05, 3.63) is 35.6 Å². The molecule has 2 rings (SSSR count). The average Bonchev–Trinajstić information content (AvgIpc) is 3.05. The minimum Gasteiger partial charge on any atom is -0.359 e. The van der Waals surface area contributed by atoms with E-state index in [1.54, 1.807) is 19.2 Å². The van der Waals surface area contributed by atoms with Gasteiger partial charge in [0.15, 0.2) is 5.96 Å². The van der Waals surface area contributed by atoms with Gasteiger partial charge in [-0.15, -0.1) is 0 Å². The third kappa shape index (κ3) is 2.32. The first-order chi connectivity index (χ1) is 7.74. The quantitative estimate of drug-likeness (QED) is 0.586. The number of nitrogens with zero attached hydrogens (tertiary/aromatic N) is 1. The van der Waals surface area contributed by atoms with Crippen LogP contribution in [0.4, 0.5) is 4.39 Å². The smallest absolute Gasteiger partial charge is 0.190 e. The number of guanidine groups is 1. The Morgan fingerprint density at radius 3 is 2.94 bits per heavy atom. The van der Waals surface area contributed by atoms with Crippen molar-refractivity contribution in [2.75, 3.05) is 14.1 Å². The number of aliphatic imine (C=N–C) groups is 1. The highest BCUT2D eigenvalue weighted by Crippen LogP contribution is 2.40. The molecule has 4 heteroatoms. The van der Waals surface area contributed by atoms with E-state index in [9.17, 15) is 4.39 Å². The minimum absolute atomic E-state index is 0.166. The van der Waals surface area contributed by atoms with E-state index in [0.717, 1.165) is 17.9 Å². The van der Waals surface area contributed by atoms with E-state index >= 15 is 0 Å². The van der Waals surface area contributed by atoms with E-state index < -0.39 is 0 Å². The molecule has 0 bridgehead atoms. The van der Waals surface area contributed by atoms with Crippen molar-refractivity contribution in [2.45, 2.75) is 18.4 Å². The third-order valence-electron chi connectivity index (χ3n) is 2.85. The molecule has 1 aromatic rings. The maximum atomic E-state index is 13.0. The second kappa shape index (κ2) is 4.51. The number of nitrogens with one attached hydrogen (secondary N) is 2. The highest BCUT2D eigenvalue weighted by atomic mass is 19.1. The fraction of sp³-hybridized carbons (Fsp3) is 0.417. The first-order valence-corrected chi connectivity index (χ1v) is 5.41. The summed E-state index contributed by atoms with van der Waals surface area (Å²) >= 11 is 0. The molecule has 2 N–H and O–H groups in total. The maximum Gasteiger partial charge on any atom is 0.190 e. The van der Waals surface area contributed by atoms with Gasteiger partial charge in [-0.05, 0) is 24.1 Å². The van der Waals surface area contributed by atoms with Crippen LogP contribution in [-0.2, 0) is 0 Å². The standard InChI is InChI=1S/C12H16FN3/c1-14-12(15-2)16-11-7-10(11)8-4-3-5-9(13)6-8/h3-6,10-11H,7H2,1-2H3,(H2,14,15,16)/t10-,11+/m0/s1. The lowest BCUT2D eigenvalue weighted by Crippen LogP contribution is -2.36. The van der Waals surface area contributed by atoms with Crippen molar-refractivity contribution in [3.8, 4) is 0 Å². The van der Waals surface area contributed by atoms with Gasteiger partial charge in [-0.3, -0.25) is 4.99 Å². The van der Waals surface area contributed by atoms with Crippen LogP contribution < -0.4 is 10.6 Å². The SMILES string of the molecule is CN=C(NC)N[C@@H]1C[C@H]1c1cccc(F)c1. The molecule has 0 heterocycles. The van der Waals surface area contributed by atoms with Crippen molar-refractivity contribution >= 4 is 5.96 Å². The predicted octanol–water partition coefficient (Wildman–Crippen LogP) is 1.48. The Labute approximate surface area is 94.8 Å². The molecule has 0 saturated heterocycles. The zero-order valence-electron chi connectivity index (χ0n) is 9.50. The van der Waals surface area contributed by atoms with Crippen LogP contribution in [-0.4, -0.2) is 26.1 Å². The Bertz CT molecular complexity index is 403. The molecule has 1 fully saturated rings. The van der Waals surface area contributed by atoms with Crippen LogP contribution in [0.25, 0.3) is 0 Å². The van der Waals surface area contributed by atoms with Gasteiger partial charge in [0.2, 0.25) is 0 Å². The summed E-state index contributed by atoms with van der Waals surface area (Å²) in [4.78, 5) is 4.05. The Kier molecular flexibility index (Phi) is 3.08. The molecule has 0 amide bonds. The highest BCUT2D eigenvalue weighted by molar-refractivity contribution is 5.80. The van der Waals surface area contributed by atoms with Gasteiger partial charge in [0.1, 0.15) is 5.82 Å². The van der Waals surface area contributed by atoms with Crippen molar-refractivity contribution in [1.82, 2.24) is 10.6 Å². The predicted molar refractivity (Wildman–Crippen MR) is 63.1 cm³/mol. The lowest BCUT2D eigenvalue weighted by Gasteiger charge is -2.07. The van der Waals surface area contributed by atoms with Crippen LogP contribution in [0.2, 0.25) is 0 Å². The summed E-state index contributed by atoms with van der Waals surface area (Å²) in [7, 11) is 3.56. The normalized spacial score (nSPS) is 24.1. The summed E-state index contributed by atoms with van der Waals surface area (Å²) in [6, 6.07) is 7.17. The van der Waals surface area contributed by atoms with E-state index in [0.29, 0.717) is 12.0 Å². The largest absolute Gasteiger partial charge is 0.359 e. The molecule has 0 unspecified atom stereocenters. The molecule has 1 aromatic carbocycles. The monoisotopic (exact) mass is 221 g/mol. The first-order valence-electron chi connectivity index (χ1n) is 5.41. The van der Waals surface area contributed by atoms with Gasteiger partial charge >= 0.3 is 0 Å². The van der Waals surface area contributed by atoms with Crippen LogP contribution in [0, 0.1) is 5.82 Å². The maximum absolute atomic E-state index is 13.0. The minimum atomic E-state index is -0.166. The van der Waals surface area contributed by atoms with Crippen molar-refractivity contribution < 1.29 is 4.39 Å². The lowest BCUT2D eigenvalue weighted by molar-refractivity contribution is 0.625. The molecule has 86 valence electrons. The molecular formula is C12H16FN3. The van der Waals surface area contributed by atoms with Gasteiger partial charge in [-0.1, -0.05) is 12.1 Å². The number of benzene rings is 1. The first kappa shape index (κ1) is 10.9. The van der Waals surface area contributed by atoms with Gasteiger partial charge < -0.3 is 10.6 Å². The number of rotatable bonds is 2. The van der Waals surface area contributed by atoms with Crippen LogP contribution in [0.5, 0.6) is 0 Å². The summed E-state index contributed by atoms with van der Waals surface area (Å²) in [6.45, 7) is 0. The summed E-state index contributed by atoms with van der Waals surface area (Å²) < 4.78 is 13.0. The molecule has 2 atom stereocenters. The summed E-state index contributed by atoms with van der Waals surface area (Å²) in [5.74, 6) is 1.02. The molecule has 3 nitrogen and oxygen atoms in total. The molecule has 0 aliphatic heterocycles. The Balaban J connectivity index is 1.96. The summed E-state index contributed by atoms with van der Waals surface area (Å²) in [6.07, 6.45) is 1.03. The van der Waals surface area contributed by atoms with Gasteiger partial charge in [0, 0.05) is 26.1 Å². The molecule has 0 radical (unpaired) electrons. The molecule has 1 saturated carbocycles. The topological polar surface area (TPSA) is 36.4 Å². The summed E-state index contributed by atoms with van der Waals surface area (Å²) in [5.41, 5.74) is 1.06. The van der Waals surface area contributed by atoms with Crippen molar-refractivity contribution in [3.63, 3.8) is 0 Å². The van der Waals surface area contributed by atoms with E-state index in [2.05, 4.69) is 15.6 Å². The summed E-state index contributed by atoms with van der Waals surface area (Å²) in [5, 5.41) is 6.25. The van der Waals surface area contributed by atoms with Crippen LogP contribution in [0.15, 0.2) is 29.3 Å². The van der Waals surface area contributed by atoms with Crippen molar-refractivity contribution in [2.24, 2.45) is 4.99 Å². The van der Waals surface area contributed by atoms with Crippen molar-refractivity contribution in [1.29, 1.82) is 0 Å². The molecule has 0 spiro atoms. The number of hydrogen-bond donors (Lipinski definition) is 2. The molecular weight excluding hydrogens is 205 g/mol. The second-order valence-electron chi connectivity index (χ2n) is 3.97. The van der Waals surface area contributed by atoms with Gasteiger partial charge in [0.05, 0.1) is 0 Å². The van der Waals surface area contributed by atoms with E-state index in [1.165, 1.54) is 6.07 Å². The van der Waals surface area contributed by atoms with E-state index in [1.807, 2.05) is 13.1 Å². The van der Waals surface area contributed by atoms with E-state index in [-0.39, 0.29) is 5.82 Å². The van der Waals surface area contributed by atoms with Crippen LogP contribution >= 0.6 is 0 Å². The van der Waals surface area contributed by atoms with Gasteiger partial charge in [-0.2, -0.15) is 0 Å². The fourth-order valence-corrected chi connectivity index (χ4v) is 1.88. The Morgan fingerprint density at radius 1 is 1.50 bits per heavy atom. The molecule has 1 aliphatic rings. The van der Waals surface area contributed by atoms with E-state index in [4.69, 9.17) is 0 Å². The highest BCUT2D eigenvalue weighted by Gasteiger charge is 2.38. The fourth-order valence-electron chi connectivity index (χ4n) is 1.88. The van der Waals surface area contributed by atoms with Crippen LogP contribution in [0.1, 0.15) is 17.9 Å². The van der Waals surface area contributed by atoms with Gasteiger partial charge in [-0.25, -0.2) is 4.39 Å². The molecule has 0 aromatic heterocycles. The van der Waals surface area contributed by atoms with Gasteiger partial charge in [0.25, 0.3) is 0 Å². The lowest BCUT2D eigenvalue weighted by atomic mass is 10.1. The molecule has 16 heavy (non-hydrogen) atoms. The number of hydrogen-bond acceptors (Lipinski definition) is 1. The third-order valence-corrected chi connectivity index (χ3v) is 2.85. The zero-order chi connectivity index (χ0) is 11.5. The molecule has 1 aliphatic carbocycles. The average molecular weight is 221 g/mol. The Morgan fingerprint density at radius 2 is 2.31 bits per heavy atom. The number of halogens is 1. The second-order valence-corrected chi connectivity index (χ2v) is 3.97. The van der Waals surface area contributed by atoms with Crippen LogP contribution in [0.3, 0.4) is 0 Å². The Hall–Kier alpha value is -1.58.